The van der Waals surface area contributed by atoms with E-state index in [0.717, 1.165) is 27.8 Å². The normalized spacial score (nSPS) is 12.2. The molecule has 0 aliphatic rings. The lowest BCUT2D eigenvalue weighted by atomic mass is 9.97. The minimum Gasteiger partial charge on any atom is -0.496 e. The molecule has 0 saturated carbocycles. The number of carboxylic acid groups (broad SMARTS) is 1. The second-order valence-corrected chi connectivity index (χ2v) is 11.8. The fourth-order valence-corrected chi connectivity index (χ4v) is 5.21. The number of rotatable bonds is 13. The zero-order valence-electron chi connectivity index (χ0n) is 23.8. The summed E-state index contributed by atoms with van der Waals surface area (Å²) in [5.74, 6) is 0.637. The molecule has 0 amide bonds. The third-order valence-corrected chi connectivity index (χ3v) is 7.68. The van der Waals surface area contributed by atoms with Gasteiger partial charge in [0.2, 0.25) is 0 Å². The lowest BCUT2D eigenvalue weighted by molar-refractivity contribution is -0.139. The third kappa shape index (κ3) is 7.81. The van der Waals surface area contributed by atoms with Gasteiger partial charge in [-0.1, -0.05) is 90.2 Å². The van der Waals surface area contributed by atoms with Crippen molar-refractivity contribution in [2.45, 2.75) is 43.6 Å². The van der Waals surface area contributed by atoms with E-state index < -0.39 is 12.0 Å². The van der Waals surface area contributed by atoms with Crippen LogP contribution in [0, 0.1) is 18.3 Å². The molecule has 2 atom stereocenters. The van der Waals surface area contributed by atoms with Crippen LogP contribution in [-0.2, 0) is 24.6 Å². The number of aliphatic carboxylic acids is 1. The average molecular weight is 677 g/mol. The van der Waals surface area contributed by atoms with Crippen molar-refractivity contribution in [2.24, 2.45) is 0 Å². The van der Waals surface area contributed by atoms with Gasteiger partial charge in [-0.25, -0.2) is 0 Å². The summed E-state index contributed by atoms with van der Waals surface area (Å²) in [6, 6.07) is 28.6. The lowest BCUT2D eigenvalue weighted by Gasteiger charge is -2.21. The summed E-state index contributed by atoms with van der Waals surface area (Å²) < 4.78 is 18.1. The first kappa shape index (κ1) is 30.9. The molecule has 0 aromatic heterocycles. The molecule has 0 fully saturated rings. The molecule has 0 bridgehead atoms. The Kier molecular flexibility index (Phi) is 10.8. The Morgan fingerprint density at radius 2 is 1.71 bits per heavy atom. The van der Waals surface area contributed by atoms with E-state index in [4.69, 9.17) is 14.2 Å². The van der Waals surface area contributed by atoms with Crippen molar-refractivity contribution >= 4 is 28.6 Å². The van der Waals surface area contributed by atoms with E-state index in [1.165, 1.54) is 0 Å². The second-order valence-electron chi connectivity index (χ2n) is 9.82. The zero-order chi connectivity index (χ0) is 30.1. The molecule has 0 aliphatic carbocycles. The predicted molar refractivity (Wildman–Crippen MR) is 171 cm³/mol. The SMILES string of the molecule is COc1cc(OCc2cccc(-c3ccccc3)c2C)cc(OCc2cccc(C#N)c2)c1CN[C@@H](C(=O)O)[C@@H](C)I. The van der Waals surface area contributed by atoms with Crippen molar-refractivity contribution in [1.82, 2.24) is 5.32 Å². The highest BCUT2D eigenvalue weighted by molar-refractivity contribution is 14.1. The van der Waals surface area contributed by atoms with Gasteiger partial charge >= 0.3 is 5.97 Å². The summed E-state index contributed by atoms with van der Waals surface area (Å²) in [7, 11) is 1.56. The van der Waals surface area contributed by atoms with Crippen LogP contribution in [0.5, 0.6) is 17.2 Å². The maximum absolute atomic E-state index is 11.8. The molecule has 7 nitrogen and oxygen atoms in total. The number of nitrogens with zero attached hydrogens (tertiary/aromatic N) is 1. The van der Waals surface area contributed by atoms with Crippen LogP contribution in [0.4, 0.5) is 0 Å². The molecular weight excluding hydrogens is 643 g/mol. The molecule has 0 saturated heterocycles. The van der Waals surface area contributed by atoms with Gasteiger partial charge in [-0.05, 0) is 46.9 Å². The molecule has 0 heterocycles. The van der Waals surface area contributed by atoms with Gasteiger partial charge in [0.05, 0.1) is 24.3 Å². The molecule has 0 aliphatic heterocycles. The highest BCUT2D eigenvalue weighted by atomic mass is 127. The van der Waals surface area contributed by atoms with Crippen molar-refractivity contribution in [3.05, 3.63) is 113 Å². The number of carboxylic acids is 1. The van der Waals surface area contributed by atoms with Crippen LogP contribution < -0.4 is 19.5 Å². The van der Waals surface area contributed by atoms with E-state index in [9.17, 15) is 15.2 Å². The van der Waals surface area contributed by atoms with Crippen molar-refractivity contribution in [3.63, 3.8) is 0 Å². The number of nitrogens with one attached hydrogen (secondary N) is 1. The fourth-order valence-electron chi connectivity index (χ4n) is 4.65. The number of halogens is 1. The van der Waals surface area contributed by atoms with Gasteiger partial charge < -0.3 is 19.3 Å². The Morgan fingerprint density at radius 3 is 2.40 bits per heavy atom. The monoisotopic (exact) mass is 676 g/mol. The molecule has 2 N–H and O–H groups in total. The molecule has 0 radical (unpaired) electrons. The van der Waals surface area contributed by atoms with Crippen molar-refractivity contribution in [3.8, 4) is 34.4 Å². The average Bonchev–Trinajstić information content (AvgIpc) is 3.00. The Balaban J connectivity index is 1.62. The van der Waals surface area contributed by atoms with Gasteiger partial charge in [-0.3, -0.25) is 10.1 Å². The topological polar surface area (TPSA) is 101 Å². The van der Waals surface area contributed by atoms with Gasteiger partial charge in [-0.2, -0.15) is 5.26 Å². The second kappa shape index (κ2) is 14.7. The van der Waals surface area contributed by atoms with Crippen LogP contribution >= 0.6 is 22.6 Å². The summed E-state index contributed by atoms with van der Waals surface area (Å²) >= 11 is 2.10. The maximum Gasteiger partial charge on any atom is 0.321 e. The molecule has 8 heteroatoms. The van der Waals surface area contributed by atoms with Gasteiger partial charge in [0.25, 0.3) is 0 Å². The van der Waals surface area contributed by atoms with Gasteiger partial charge in [0.1, 0.15) is 36.5 Å². The number of carbonyl (C=O) groups is 1. The Labute approximate surface area is 260 Å². The molecule has 216 valence electrons. The van der Waals surface area contributed by atoms with Gasteiger partial charge in [0.15, 0.2) is 0 Å². The molecule has 0 spiro atoms. The van der Waals surface area contributed by atoms with Crippen LogP contribution in [-0.4, -0.2) is 28.2 Å². The smallest absolute Gasteiger partial charge is 0.321 e. The molecule has 0 unspecified atom stereocenters. The van der Waals surface area contributed by atoms with E-state index in [2.05, 4.69) is 59.1 Å². The number of hydrogen-bond acceptors (Lipinski definition) is 6. The minimum absolute atomic E-state index is 0.151. The van der Waals surface area contributed by atoms with Crippen LogP contribution in [0.2, 0.25) is 0 Å². The number of nitriles is 1. The molecule has 4 rings (SSSR count). The number of benzene rings is 4. The standard InChI is InChI=1S/C34H33IN2O5/c1-22-27(13-8-14-29(22)26-11-5-4-6-12-26)21-41-28-16-31(40-3)30(19-37-33(23(2)35)34(38)39)32(17-28)42-20-25-10-7-9-24(15-25)18-36/h4-17,23,33,37H,19-21H2,1-3H3,(H,38,39)/t23-,33-/m1/s1. The van der Waals surface area contributed by atoms with E-state index in [1.807, 2.05) is 49.4 Å². The molecular formula is C34H33IN2O5. The van der Waals surface area contributed by atoms with Crippen LogP contribution in [0.25, 0.3) is 11.1 Å². The summed E-state index contributed by atoms with van der Waals surface area (Å²) in [6.07, 6.45) is 0. The Bertz CT molecular complexity index is 1570. The van der Waals surface area contributed by atoms with Gasteiger partial charge in [0, 0.05) is 22.6 Å². The lowest BCUT2D eigenvalue weighted by Crippen LogP contribution is -2.42. The first-order chi connectivity index (χ1) is 20.3. The highest BCUT2D eigenvalue weighted by Gasteiger charge is 2.24. The minimum atomic E-state index is -0.931. The van der Waals surface area contributed by atoms with E-state index in [-0.39, 0.29) is 17.1 Å². The van der Waals surface area contributed by atoms with E-state index >= 15 is 0 Å². The van der Waals surface area contributed by atoms with Crippen LogP contribution in [0.1, 0.15) is 34.7 Å². The largest absolute Gasteiger partial charge is 0.496 e. The number of ether oxygens (including phenoxy) is 3. The van der Waals surface area contributed by atoms with E-state index in [0.29, 0.717) is 35.0 Å². The molecule has 4 aromatic carbocycles. The summed E-state index contributed by atoms with van der Waals surface area (Å²) in [5.41, 5.74) is 6.53. The molecule has 4 aromatic rings. The van der Waals surface area contributed by atoms with Gasteiger partial charge in [-0.15, -0.1) is 0 Å². The number of hydrogen-bond donors (Lipinski definition) is 2. The number of alkyl halides is 1. The highest BCUT2D eigenvalue weighted by Crippen LogP contribution is 2.36. The van der Waals surface area contributed by atoms with Crippen molar-refractivity contribution in [2.75, 3.05) is 7.11 Å². The predicted octanol–water partition coefficient (Wildman–Crippen LogP) is 7.07. The van der Waals surface area contributed by atoms with Crippen molar-refractivity contribution < 1.29 is 24.1 Å². The fraction of sp³-hybridized carbons (Fsp3) is 0.235. The Morgan fingerprint density at radius 1 is 0.976 bits per heavy atom. The van der Waals surface area contributed by atoms with E-state index in [1.54, 1.807) is 31.4 Å². The third-order valence-electron chi connectivity index (χ3n) is 6.96. The van der Waals surface area contributed by atoms with Crippen molar-refractivity contribution in [1.29, 1.82) is 5.26 Å². The summed E-state index contributed by atoms with van der Waals surface area (Å²) in [6.45, 7) is 4.68. The Hall–Kier alpha value is -4.07. The number of methoxy groups -OCH3 is 1. The first-order valence-corrected chi connectivity index (χ1v) is 14.7. The molecule has 42 heavy (non-hydrogen) atoms. The summed E-state index contributed by atoms with van der Waals surface area (Å²) in [5, 5.41) is 22.1. The summed E-state index contributed by atoms with van der Waals surface area (Å²) in [4.78, 5) is 11.8. The first-order valence-electron chi connectivity index (χ1n) is 13.5. The maximum atomic E-state index is 11.8. The van der Waals surface area contributed by atoms with Crippen LogP contribution in [0.3, 0.4) is 0 Å². The zero-order valence-corrected chi connectivity index (χ0v) is 25.9. The van der Waals surface area contributed by atoms with Crippen LogP contribution in [0.15, 0.2) is 84.9 Å². The quantitative estimate of drug-likeness (QED) is 0.116.